The van der Waals surface area contributed by atoms with Gasteiger partial charge < -0.3 is 5.32 Å². The lowest BCUT2D eigenvalue weighted by Crippen LogP contribution is -2.24. The summed E-state index contributed by atoms with van der Waals surface area (Å²) in [6, 6.07) is 4.10. The van der Waals surface area contributed by atoms with Gasteiger partial charge in [-0.15, -0.1) is 6.58 Å². The molecule has 0 saturated carbocycles. The van der Waals surface area contributed by atoms with Crippen LogP contribution in [-0.2, 0) is 9.05 Å². The van der Waals surface area contributed by atoms with Crippen molar-refractivity contribution in [3.8, 4) is 0 Å². The molecule has 1 aromatic carbocycles. The molecule has 1 amide bonds. The highest BCUT2D eigenvalue weighted by Crippen LogP contribution is 2.18. The van der Waals surface area contributed by atoms with Crippen molar-refractivity contribution in [1.82, 2.24) is 5.32 Å². The summed E-state index contributed by atoms with van der Waals surface area (Å²) in [5.41, 5.74) is 0.962. The lowest BCUT2D eigenvalue weighted by molar-refractivity contribution is 0.0957. The van der Waals surface area contributed by atoms with Gasteiger partial charge in [0.05, 0.1) is 4.90 Å². The van der Waals surface area contributed by atoms with Gasteiger partial charge in [0.15, 0.2) is 0 Å². The molecule has 0 radical (unpaired) electrons. The van der Waals surface area contributed by atoms with Gasteiger partial charge in [0.1, 0.15) is 0 Å². The third-order valence-corrected chi connectivity index (χ3v) is 3.48. The molecule has 1 rings (SSSR count). The van der Waals surface area contributed by atoms with Crippen molar-refractivity contribution in [2.24, 2.45) is 0 Å². The van der Waals surface area contributed by atoms with Gasteiger partial charge in [0, 0.05) is 22.8 Å². The van der Waals surface area contributed by atoms with Crippen LogP contribution in [0.2, 0.25) is 0 Å². The van der Waals surface area contributed by atoms with Crippen LogP contribution in [0.3, 0.4) is 0 Å². The minimum absolute atomic E-state index is 0.0167. The van der Waals surface area contributed by atoms with Crippen LogP contribution in [0.4, 0.5) is 0 Å². The summed E-state index contributed by atoms with van der Waals surface area (Å²) in [4.78, 5) is 11.6. The number of amides is 1. The second kappa shape index (κ2) is 5.33. The molecule has 0 heterocycles. The van der Waals surface area contributed by atoms with Crippen molar-refractivity contribution in [2.75, 3.05) is 6.54 Å². The largest absolute Gasteiger partial charge is 0.349 e. The number of halogens is 1. The third-order valence-electron chi connectivity index (χ3n) is 2.13. The predicted octanol–water partition coefficient (Wildman–Crippen LogP) is 1.84. The summed E-state index contributed by atoms with van der Waals surface area (Å²) >= 11 is 0. The van der Waals surface area contributed by atoms with E-state index < -0.39 is 9.05 Å². The van der Waals surface area contributed by atoms with E-state index in [9.17, 15) is 13.2 Å². The maximum atomic E-state index is 11.6. The first kappa shape index (κ1) is 13.7. The second-order valence-electron chi connectivity index (χ2n) is 3.41. The van der Waals surface area contributed by atoms with Crippen molar-refractivity contribution in [2.45, 2.75) is 11.8 Å². The Morgan fingerprint density at radius 3 is 2.65 bits per heavy atom. The fourth-order valence-electron chi connectivity index (χ4n) is 1.30. The third kappa shape index (κ3) is 3.57. The second-order valence-corrected chi connectivity index (χ2v) is 5.98. The molecule has 0 atom stereocenters. The molecular weight excluding hydrogens is 262 g/mol. The van der Waals surface area contributed by atoms with E-state index in [-0.39, 0.29) is 10.8 Å². The quantitative estimate of drug-likeness (QED) is 0.672. The summed E-state index contributed by atoms with van der Waals surface area (Å²) in [6.45, 7) is 5.49. The zero-order valence-electron chi connectivity index (χ0n) is 9.23. The van der Waals surface area contributed by atoms with Crippen LogP contribution in [0.5, 0.6) is 0 Å². The van der Waals surface area contributed by atoms with E-state index >= 15 is 0 Å². The molecule has 4 nitrogen and oxygen atoms in total. The molecule has 1 N–H and O–H groups in total. The van der Waals surface area contributed by atoms with Gasteiger partial charge in [0.25, 0.3) is 15.0 Å². The van der Waals surface area contributed by atoms with Crippen molar-refractivity contribution >= 4 is 25.6 Å². The SMILES string of the molecule is C=CCNC(=O)c1ccc(S(=O)(=O)Cl)cc1C. The van der Waals surface area contributed by atoms with Gasteiger partial charge in [-0.3, -0.25) is 4.79 Å². The standard InChI is InChI=1S/C11H12ClNO3S/c1-3-6-13-11(14)10-5-4-9(7-8(10)2)17(12,15)16/h3-5,7H,1,6H2,2H3,(H,13,14). The van der Waals surface area contributed by atoms with E-state index in [1.54, 1.807) is 13.0 Å². The summed E-state index contributed by atoms with van der Waals surface area (Å²) in [5, 5.41) is 2.61. The molecule has 6 heteroatoms. The zero-order chi connectivity index (χ0) is 13.1. The summed E-state index contributed by atoms with van der Waals surface area (Å²) in [7, 11) is 1.44. The fourth-order valence-corrected chi connectivity index (χ4v) is 2.14. The van der Waals surface area contributed by atoms with E-state index in [1.807, 2.05) is 0 Å². The summed E-state index contributed by atoms with van der Waals surface area (Å²) < 4.78 is 22.2. The fraction of sp³-hybridized carbons (Fsp3) is 0.182. The number of aryl methyl sites for hydroxylation is 1. The topological polar surface area (TPSA) is 63.2 Å². The van der Waals surface area contributed by atoms with Crippen molar-refractivity contribution in [3.63, 3.8) is 0 Å². The van der Waals surface area contributed by atoms with Gasteiger partial charge in [-0.2, -0.15) is 0 Å². The van der Waals surface area contributed by atoms with E-state index in [1.165, 1.54) is 18.2 Å². The number of hydrogen-bond acceptors (Lipinski definition) is 3. The van der Waals surface area contributed by atoms with E-state index in [0.717, 1.165) is 0 Å². The molecule has 0 bridgehead atoms. The van der Waals surface area contributed by atoms with Crippen LogP contribution in [0.25, 0.3) is 0 Å². The van der Waals surface area contributed by atoms with Crippen LogP contribution in [-0.4, -0.2) is 20.9 Å². The minimum atomic E-state index is -3.76. The zero-order valence-corrected chi connectivity index (χ0v) is 10.8. The maximum absolute atomic E-state index is 11.6. The number of rotatable bonds is 4. The molecule has 92 valence electrons. The van der Waals surface area contributed by atoms with Gasteiger partial charge >= 0.3 is 0 Å². The lowest BCUT2D eigenvalue weighted by atomic mass is 10.1. The smallest absolute Gasteiger partial charge is 0.261 e. The number of nitrogens with one attached hydrogen (secondary N) is 1. The monoisotopic (exact) mass is 273 g/mol. The predicted molar refractivity (Wildman–Crippen MR) is 66.7 cm³/mol. The first-order valence-corrected chi connectivity index (χ1v) is 7.11. The molecule has 0 aliphatic heterocycles. The highest BCUT2D eigenvalue weighted by atomic mass is 35.7. The maximum Gasteiger partial charge on any atom is 0.261 e. The van der Waals surface area contributed by atoms with Crippen LogP contribution in [0, 0.1) is 6.92 Å². The van der Waals surface area contributed by atoms with E-state index in [4.69, 9.17) is 10.7 Å². The Morgan fingerprint density at radius 2 is 2.18 bits per heavy atom. The first-order chi connectivity index (χ1) is 7.86. The first-order valence-electron chi connectivity index (χ1n) is 4.80. The average molecular weight is 274 g/mol. The molecule has 0 spiro atoms. The number of carbonyl (C=O) groups is 1. The van der Waals surface area contributed by atoms with Crippen LogP contribution >= 0.6 is 10.7 Å². The van der Waals surface area contributed by atoms with Crippen LogP contribution in [0.15, 0.2) is 35.7 Å². The highest BCUT2D eigenvalue weighted by Gasteiger charge is 2.14. The Balaban J connectivity index is 3.06. The Kier molecular flexibility index (Phi) is 4.31. The minimum Gasteiger partial charge on any atom is -0.349 e. The molecule has 0 aromatic heterocycles. The van der Waals surface area contributed by atoms with Gasteiger partial charge in [0.2, 0.25) is 0 Å². The van der Waals surface area contributed by atoms with Crippen molar-refractivity contribution < 1.29 is 13.2 Å². The summed E-state index contributed by atoms with van der Waals surface area (Å²) in [5.74, 6) is -0.277. The Bertz CT molecular complexity index is 552. The van der Waals surface area contributed by atoms with Crippen molar-refractivity contribution in [3.05, 3.63) is 42.0 Å². The molecule has 0 aliphatic carbocycles. The molecule has 0 fully saturated rings. The lowest BCUT2D eigenvalue weighted by Gasteiger charge is -2.07. The Morgan fingerprint density at radius 1 is 1.53 bits per heavy atom. The van der Waals surface area contributed by atoms with Gasteiger partial charge in [-0.1, -0.05) is 6.08 Å². The van der Waals surface area contributed by atoms with Crippen LogP contribution in [0.1, 0.15) is 15.9 Å². The molecule has 0 unspecified atom stereocenters. The molecule has 17 heavy (non-hydrogen) atoms. The van der Waals surface area contributed by atoms with Gasteiger partial charge in [-0.05, 0) is 30.7 Å². The molecular formula is C11H12ClNO3S. The number of benzene rings is 1. The molecule has 1 aromatic rings. The number of carbonyl (C=O) groups excluding carboxylic acids is 1. The normalized spacial score (nSPS) is 10.9. The van der Waals surface area contributed by atoms with Crippen LogP contribution < -0.4 is 5.32 Å². The number of hydrogen-bond donors (Lipinski definition) is 1. The summed E-state index contributed by atoms with van der Waals surface area (Å²) in [6.07, 6.45) is 1.56. The Labute approximate surface area is 105 Å². The van der Waals surface area contributed by atoms with Crippen molar-refractivity contribution in [1.29, 1.82) is 0 Å². The average Bonchev–Trinajstić information content (AvgIpc) is 2.24. The molecule has 0 saturated heterocycles. The molecule has 0 aliphatic rings. The highest BCUT2D eigenvalue weighted by molar-refractivity contribution is 8.13. The van der Waals surface area contributed by atoms with E-state index in [2.05, 4.69) is 11.9 Å². The Hall–Kier alpha value is -1.33. The van der Waals surface area contributed by atoms with E-state index in [0.29, 0.717) is 17.7 Å². The van der Waals surface area contributed by atoms with Gasteiger partial charge in [-0.25, -0.2) is 8.42 Å².